The van der Waals surface area contributed by atoms with E-state index in [4.69, 9.17) is 11.6 Å². The van der Waals surface area contributed by atoms with E-state index in [9.17, 15) is 4.79 Å². The van der Waals surface area contributed by atoms with Crippen molar-refractivity contribution < 1.29 is 4.79 Å². The predicted octanol–water partition coefficient (Wildman–Crippen LogP) is 4.38. The fraction of sp³-hybridized carbons (Fsp3) is 0.250. The van der Waals surface area contributed by atoms with Crippen molar-refractivity contribution in [2.45, 2.75) is 12.8 Å². The van der Waals surface area contributed by atoms with Crippen LogP contribution < -0.4 is 4.90 Å². The van der Waals surface area contributed by atoms with Crippen molar-refractivity contribution in [1.29, 1.82) is 0 Å². The molecule has 1 aliphatic heterocycles. The highest BCUT2D eigenvalue weighted by molar-refractivity contribution is 6.31. The molecule has 25 heavy (non-hydrogen) atoms. The lowest BCUT2D eigenvalue weighted by molar-refractivity contribution is 0.0900. The lowest BCUT2D eigenvalue weighted by Gasteiger charge is -2.32. The molecule has 0 radical (unpaired) electrons. The number of carbonyl (C=O) groups excluding carboxylic acids is 1. The Labute approximate surface area is 151 Å². The molecule has 0 saturated carbocycles. The van der Waals surface area contributed by atoms with Crippen LogP contribution in [0.1, 0.15) is 23.2 Å². The average Bonchev–Trinajstić information content (AvgIpc) is 2.67. The zero-order chi connectivity index (χ0) is 17.2. The molecular weight excluding hydrogens is 334 g/mol. The van der Waals surface area contributed by atoms with Crippen LogP contribution in [0.25, 0.3) is 10.9 Å². The topological polar surface area (TPSA) is 46.1 Å². The van der Waals surface area contributed by atoms with E-state index < -0.39 is 0 Å². The van der Waals surface area contributed by atoms with Gasteiger partial charge in [-0.25, -0.2) is 9.97 Å². The van der Waals surface area contributed by atoms with Gasteiger partial charge in [0.25, 0.3) is 0 Å². The van der Waals surface area contributed by atoms with Gasteiger partial charge in [-0.3, -0.25) is 4.79 Å². The lowest BCUT2D eigenvalue weighted by Crippen LogP contribution is -2.37. The van der Waals surface area contributed by atoms with Gasteiger partial charge in [-0.1, -0.05) is 41.9 Å². The van der Waals surface area contributed by atoms with Crippen LogP contribution in [-0.2, 0) is 0 Å². The highest BCUT2D eigenvalue weighted by Crippen LogP contribution is 2.29. The van der Waals surface area contributed by atoms with Gasteiger partial charge in [0.1, 0.15) is 12.1 Å². The van der Waals surface area contributed by atoms with E-state index in [1.54, 1.807) is 6.33 Å². The molecule has 4 nitrogen and oxygen atoms in total. The summed E-state index contributed by atoms with van der Waals surface area (Å²) < 4.78 is 0. The van der Waals surface area contributed by atoms with E-state index in [-0.39, 0.29) is 11.7 Å². The van der Waals surface area contributed by atoms with Crippen LogP contribution in [0.3, 0.4) is 0 Å². The number of benzene rings is 2. The normalized spacial score (nSPS) is 15.5. The van der Waals surface area contributed by atoms with Gasteiger partial charge in [0.2, 0.25) is 0 Å². The second-order valence-corrected chi connectivity index (χ2v) is 6.79. The highest BCUT2D eigenvalue weighted by atomic mass is 35.5. The second-order valence-electron chi connectivity index (χ2n) is 6.35. The van der Waals surface area contributed by atoms with Crippen molar-refractivity contribution in [2.75, 3.05) is 18.0 Å². The molecule has 1 saturated heterocycles. The Balaban J connectivity index is 1.52. The Morgan fingerprint density at radius 2 is 1.80 bits per heavy atom. The molecule has 1 aliphatic rings. The van der Waals surface area contributed by atoms with Gasteiger partial charge in [0, 0.05) is 35.0 Å². The number of carbonyl (C=O) groups is 1. The molecule has 0 amide bonds. The Bertz CT molecular complexity index is 905. The standard InChI is InChI=1S/C20H18ClN3O/c21-16-6-7-17-18(12-16)22-13-23-20(17)24-10-8-15(9-11-24)19(25)14-4-2-1-3-5-14/h1-7,12-13,15H,8-11H2. The third-order valence-electron chi connectivity index (χ3n) is 4.80. The number of rotatable bonds is 3. The van der Waals surface area contributed by atoms with Crippen LogP contribution in [0.5, 0.6) is 0 Å². The first-order valence-electron chi connectivity index (χ1n) is 8.47. The van der Waals surface area contributed by atoms with E-state index in [2.05, 4.69) is 14.9 Å². The number of piperidine rings is 1. The molecule has 1 fully saturated rings. The van der Waals surface area contributed by atoms with Crippen LogP contribution in [0, 0.1) is 5.92 Å². The molecule has 1 aromatic heterocycles. The molecule has 0 bridgehead atoms. The zero-order valence-electron chi connectivity index (χ0n) is 13.7. The van der Waals surface area contributed by atoms with Crippen LogP contribution >= 0.6 is 11.6 Å². The maximum Gasteiger partial charge on any atom is 0.166 e. The van der Waals surface area contributed by atoms with Gasteiger partial charge in [0.05, 0.1) is 5.52 Å². The Morgan fingerprint density at radius 1 is 1.04 bits per heavy atom. The quantitative estimate of drug-likeness (QED) is 0.657. The number of hydrogen-bond donors (Lipinski definition) is 0. The predicted molar refractivity (Wildman–Crippen MR) is 100 cm³/mol. The molecule has 0 N–H and O–H groups in total. The molecule has 126 valence electrons. The number of hydrogen-bond acceptors (Lipinski definition) is 4. The van der Waals surface area contributed by atoms with E-state index in [1.165, 1.54) is 0 Å². The third kappa shape index (κ3) is 3.22. The maximum absolute atomic E-state index is 12.6. The smallest absolute Gasteiger partial charge is 0.166 e. The van der Waals surface area contributed by atoms with Crippen molar-refractivity contribution >= 4 is 34.1 Å². The molecular formula is C20H18ClN3O. The van der Waals surface area contributed by atoms with E-state index >= 15 is 0 Å². The summed E-state index contributed by atoms with van der Waals surface area (Å²) in [6.07, 6.45) is 3.26. The van der Waals surface area contributed by atoms with Crippen LogP contribution in [0.2, 0.25) is 5.02 Å². The van der Waals surface area contributed by atoms with Crippen LogP contribution in [-0.4, -0.2) is 28.8 Å². The molecule has 0 spiro atoms. The number of fused-ring (bicyclic) bond motifs is 1. The summed E-state index contributed by atoms with van der Waals surface area (Å²) in [5.41, 5.74) is 1.66. The van der Waals surface area contributed by atoms with Gasteiger partial charge >= 0.3 is 0 Å². The van der Waals surface area contributed by atoms with Gasteiger partial charge in [0.15, 0.2) is 5.78 Å². The fourth-order valence-corrected chi connectivity index (χ4v) is 3.63. The van der Waals surface area contributed by atoms with E-state index in [0.717, 1.165) is 48.2 Å². The summed E-state index contributed by atoms with van der Waals surface area (Å²) in [7, 11) is 0. The van der Waals surface area contributed by atoms with Crippen molar-refractivity contribution in [1.82, 2.24) is 9.97 Å². The number of nitrogens with zero attached hydrogens (tertiary/aromatic N) is 3. The zero-order valence-corrected chi connectivity index (χ0v) is 14.5. The van der Waals surface area contributed by atoms with Crippen molar-refractivity contribution in [3.8, 4) is 0 Å². The molecule has 3 aromatic rings. The van der Waals surface area contributed by atoms with Gasteiger partial charge in [-0.2, -0.15) is 0 Å². The lowest BCUT2D eigenvalue weighted by atomic mass is 9.89. The molecule has 0 unspecified atom stereocenters. The monoisotopic (exact) mass is 351 g/mol. The van der Waals surface area contributed by atoms with Crippen LogP contribution in [0.4, 0.5) is 5.82 Å². The SMILES string of the molecule is O=C(c1ccccc1)C1CCN(c2ncnc3cc(Cl)ccc23)CC1. The average molecular weight is 352 g/mol. The van der Waals surface area contributed by atoms with Gasteiger partial charge in [-0.05, 0) is 31.0 Å². The van der Waals surface area contributed by atoms with Crippen molar-refractivity contribution in [3.63, 3.8) is 0 Å². The first-order valence-corrected chi connectivity index (χ1v) is 8.84. The number of anilines is 1. The molecule has 4 rings (SSSR count). The molecule has 0 atom stereocenters. The summed E-state index contributed by atoms with van der Waals surface area (Å²) in [5.74, 6) is 1.26. The first-order chi connectivity index (χ1) is 12.2. The largest absolute Gasteiger partial charge is 0.356 e. The minimum atomic E-state index is 0.0844. The van der Waals surface area contributed by atoms with Gasteiger partial charge in [-0.15, -0.1) is 0 Å². The van der Waals surface area contributed by atoms with Crippen molar-refractivity contribution in [2.24, 2.45) is 5.92 Å². The second kappa shape index (κ2) is 6.81. The summed E-state index contributed by atoms with van der Waals surface area (Å²) >= 11 is 6.06. The summed E-state index contributed by atoms with van der Waals surface area (Å²) in [6, 6.07) is 15.3. The van der Waals surface area contributed by atoms with Gasteiger partial charge < -0.3 is 4.90 Å². The summed E-state index contributed by atoms with van der Waals surface area (Å²) in [4.78, 5) is 23.7. The minimum Gasteiger partial charge on any atom is -0.356 e. The first kappa shape index (κ1) is 16.0. The Hall–Kier alpha value is -2.46. The van der Waals surface area contributed by atoms with E-state index in [0.29, 0.717) is 5.02 Å². The maximum atomic E-state index is 12.6. The number of aromatic nitrogens is 2. The Kier molecular flexibility index (Phi) is 4.36. The summed E-state index contributed by atoms with van der Waals surface area (Å²) in [6.45, 7) is 1.63. The molecule has 2 aromatic carbocycles. The number of Topliss-reactive ketones (excluding diaryl/α,β-unsaturated/α-hetero) is 1. The summed E-state index contributed by atoms with van der Waals surface area (Å²) in [5, 5.41) is 1.67. The van der Waals surface area contributed by atoms with Crippen LogP contribution in [0.15, 0.2) is 54.9 Å². The minimum absolute atomic E-state index is 0.0844. The molecule has 2 heterocycles. The number of ketones is 1. The number of halogens is 1. The molecule has 0 aliphatic carbocycles. The third-order valence-corrected chi connectivity index (χ3v) is 5.04. The fourth-order valence-electron chi connectivity index (χ4n) is 3.46. The Morgan fingerprint density at radius 3 is 2.56 bits per heavy atom. The highest BCUT2D eigenvalue weighted by Gasteiger charge is 2.27. The molecule has 5 heteroatoms. The van der Waals surface area contributed by atoms with E-state index in [1.807, 2.05) is 48.5 Å². The van der Waals surface area contributed by atoms with Crippen molar-refractivity contribution in [3.05, 3.63) is 65.4 Å².